The number of fused-ring (bicyclic) bond motifs is 3. The van der Waals surface area contributed by atoms with Crippen molar-refractivity contribution in [3.63, 3.8) is 0 Å². The zero-order valence-corrected chi connectivity index (χ0v) is 16.8. The third-order valence-electron chi connectivity index (χ3n) is 4.85. The Morgan fingerprint density at radius 2 is 1.57 bits per heavy atom. The molecule has 0 aromatic heterocycles. The fraction of sp³-hybridized carbons (Fsp3) is 0.650. The molecule has 154 valence electrons. The van der Waals surface area contributed by atoms with E-state index in [1.807, 2.05) is 20.8 Å². The van der Waals surface area contributed by atoms with E-state index in [2.05, 4.69) is 5.32 Å². The van der Waals surface area contributed by atoms with Crippen LogP contribution in [0.1, 0.15) is 34.6 Å². The largest absolute Gasteiger partial charge is 0.494 e. The van der Waals surface area contributed by atoms with Crippen molar-refractivity contribution in [3.05, 3.63) is 24.3 Å². The lowest BCUT2D eigenvalue weighted by Gasteiger charge is -2.36. The summed E-state index contributed by atoms with van der Waals surface area (Å²) in [6.07, 6.45) is -3.12. The first-order valence-corrected chi connectivity index (χ1v) is 9.58. The smallest absolute Gasteiger partial charge is 0.256 e. The van der Waals surface area contributed by atoms with Crippen molar-refractivity contribution in [1.82, 2.24) is 0 Å². The monoisotopic (exact) mass is 393 g/mol. The van der Waals surface area contributed by atoms with Crippen LogP contribution >= 0.6 is 0 Å². The van der Waals surface area contributed by atoms with Crippen LogP contribution in [0.2, 0.25) is 0 Å². The molecule has 0 bridgehead atoms. The minimum Gasteiger partial charge on any atom is -0.494 e. The van der Waals surface area contributed by atoms with Gasteiger partial charge in [-0.1, -0.05) is 0 Å². The van der Waals surface area contributed by atoms with E-state index in [4.69, 9.17) is 28.4 Å². The summed E-state index contributed by atoms with van der Waals surface area (Å²) in [6.45, 7) is 9.73. The summed E-state index contributed by atoms with van der Waals surface area (Å²) in [6, 6.07) is 7.16. The molecule has 5 atom stereocenters. The number of hydrogen-bond acceptors (Lipinski definition) is 7. The van der Waals surface area contributed by atoms with Crippen molar-refractivity contribution in [2.45, 2.75) is 76.9 Å². The molecule has 0 aliphatic carbocycles. The molecule has 3 aliphatic heterocycles. The third-order valence-corrected chi connectivity index (χ3v) is 4.85. The van der Waals surface area contributed by atoms with Crippen molar-refractivity contribution in [2.24, 2.45) is 0 Å². The molecule has 0 radical (unpaired) electrons. The Labute approximate surface area is 164 Å². The van der Waals surface area contributed by atoms with Crippen LogP contribution in [0.4, 0.5) is 5.69 Å². The molecule has 28 heavy (non-hydrogen) atoms. The van der Waals surface area contributed by atoms with Crippen LogP contribution < -0.4 is 10.1 Å². The quantitative estimate of drug-likeness (QED) is 0.841. The highest BCUT2D eigenvalue weighted by Gasteiger charge is 2.62. The van der Waals surface area contributed by atoms with E-state index in [1.165, 1.54) is 0 Å². The van der Waals surface area contributed by atoms with E-state index < -0.39 is 42.3 Å². The Morgan fingerprint density at radius 1 is 0.964 bits per heavy atom. The lowest BCUT2D eigenvalue weighted by Crippen LogP contribution is -2.58. The third kappa shape index (κ3) is 3.75. The molecule has 1 N–H and O–H groups in total. The summed E-state index contributed by atoms with van der Waals surface area (Å²) in [5, 5.41) is 2.87. The zero-order valence-electron chi connectivity index (χ0n) is 16.8. The van der Waals surface area contributed by atoms with Gasteiger partial charge in [0.25, 0.3) is 5.91 Å². The maximum Gasteiger partial charge on any atom is 0.256 e. The highest BCUT2D eigenvalue weighted by Crippen LogP contribution is 2.44. The number of ether oxygens (including phenoxy) is 6. The van der Waals surface area contributed by atoms with Gasteiger partial charge in [0.1, 0.15) is 24.1 Å². The Kier molecular flexibility index (Phi) is 4.87. The van der Waals surface area contributed by atoms with E-state index in [0.717, 1.165) is 5.75 Å². The predicted molar refractivity (Wildman–Crippen MR) is 98.8 cm³/mol. The average molecular weight is 393 g/mol. The van der Waals surface area contributed by atoms with Gasteiger partial charge in [-0.2, -0.15) is 0 Å². The summed E-state index contributed by atoms with van der Waals surface area (Å²) in [5.41, 5.74) is 0.637. The molecular formula is C20H27NO7. The number of hydrogen-bond donors (Lipinski definition) is 1. The average Bonchev–Trinajstić information content (AvgIpc) is 3.10. The van der Waals surface area contributed by atoms with Gasteiger partial charge < -0.3 is 33.7 Å². The molecule has 0 saturated carbocycles. The van der Waals surface area contributed by atoms with Crippen LogP contribution in [0, 0.1) is 0 Å². The first-order valence-electron chi connectivity index (χ1n) is 9.58. The molecule has 3 fully saturated rings. The number of rotatable bonds is 4. The van der Waals surface area contributed by atoms with E-state index in [0.29, 0.717) is 12.3 Å². The van der Waals surface area contributed by atoms with Gasteiger partial charge in [0.15, 0.2) is 24.0 Å². The van der Waals surface area contributed by atoms with E-state index in [-0.39, 0.29) is 5.91 Å². The Bertz CT molecular complexity index is 733. The second-order valence-electron chi connectivity index (χ2n) is 8.04. The fourth-order valence-corrected chi connectivity index (χ4v) is 3.84. The standard InChI is InChI=1S/C20H27NO7/c1-6-23-12-9-7-11(8-10-12)21-17(22)15-13-14(26-19(2,3)25-13)16-18(24-15)28-20(4,5)27-16/h7-10,13-16,18H,6H2,1-5H3,(H,21,22). The van der Waals surface area contributed by atoms with Gasteiger partial charge in [0.05, 0.1) is 6.61 Å². The molecule has 3 aliphatic rings. The van der Waals surface area contributed by atoms with Crippen LogP contribution in [-0.4, -0.2) is 54.8 Å². The minimum atomic E-state index is -0.892. The fourth-order valence-electron chi connectivity index (χ4n) is 3.84. The second kappa shape index (κ2) is 6.96. The van der Waals surface area contributed by atoms with Crippen LogP contribution in [0.15, 0.2) is 24.3 Å². The van der Waals surface area contributed by atoms with Gasteiger partial charge in [0.2, 0.25) is 0 Å². The van der Waals surface area contributed by atoms with Gasteiger partial charge in [-0.15, -0.1) is 0 Å². The lowest BCUT2D eigenvalue weighted by atomic mass is 9.98. The number of nitrogens with one attached hydrogen (secondary N) is 1. The summed E-state index contributed by atoms with van der Waals surface area (Å²) in [7, 11) is 0. The summed E-state index contributed by atoms with van der Waals surface area (Å²) < 4.78 is 35.2. The van der Waals surface area contributed by atoms with Crippen LogP contribution in [-0.2, 0) is 28.5 Å². The summed E-state index contributed by atoms with van der Waals surface area (Å²) in [4.78, 5) is 13.0. The van der Waals surface area contributed by atoms with Crippen LogP contribution in [0.25, 0.3) is 0 Å². The van der Waals surface area contributed by atoms with Crippen LogP contribution in [0.3, 0.4) is 0 Å². The number of carbonyl (C=O) groups excluding carboxylic acids is 1. The molecule has 3 heterocycles. The van der Waals surface area contributed by atoms with Crippen LogP contribution in [0.5, 0.6) is 5.75 Å². The Morgan fingerprint density at radius 3 is 2.25 bits per heavy atom. The number of amides is 1. The number of carbonyl (C=O) groups is 1. The molecule has 0 spiro atoms. The van der Waals surface area contributed by atoms with Crippen molar-refractivity contribution in [2.75, 3.05) is 11.9 Å². The summed E-state index contributed by atoms with van der Waals surface area (Å²) >= 11 is 0. The molecule has 8 nitrogen and oxygen atoms in total. The first kappa shape index (κ1) is 19.6. The number of benzene rings is 1. The first-order chi connectivity index (χ1) is 13.2. The zero-order chi connectivity index (χ0) is 20.1. The molecule has 4 rings (SSSR count). The molecule has 1 aromatic carbocycles. The van der Waals surface area contributed by atoms with Gasteiger partial charge in [-0.3, -0.25) is 4.79 Å². The van der Waals surface area contributed by atoms with Crippen molar-refractivity contribution < 1.29 is 33.2 Å². The van der Waals surface area contributed by atoms with Gasteiger partial charge >= 0.3 is 0 Å². The molecule has 1 amide bonds. The van der Waals surface area contributed by atoms with Gasteiger partial charge in [-0.25, -0.2) is 0 Å². The number of anilines is 1. The second-order valence-corrected chi connectivity index (χ2v) is 8.04. The molecular weight excluding hydrogens is 366 g/mol. The summed E-state index contributed by atoms with van der Waals surface area (Å²) in [5.74, 6) is -1.25. The molecule has 8 heteroatoms. The normalized spacial score (nSPS) is 35.1. The molecule has 5 unspecified atom stereocenters. The minimum absolute atomic E-state index is 0.327. The Balaban J connectivity index is 1.52. The van der Waals surface area contributed by atoms with E-state index >= 15 is 0 Å². The van der Waals surface area contributed by atoms with Crippen molar-refractivity contribution in [3.8, 4) is 5.75 Å². The highest BCUT2D eigenvalue weighted by atomic mass is 16.9. The maximum absolute atomic E-state index is 13.0. The van der Waals surface area contributed by atoms with E-state index in [1.54, 1.807) is 38.1 Å². The topological polar surface area (TPSA) is 84.5 Å². The van der Waals surface area contributed by atoms with Gasteiger partial charge in [0, 0.05) is 5.69 Å². The van der Waals surface area contributed by atoms with Gasteiger partial charge in [-0.05, 0) is 58.9 Å². The van der Waals surface area contributed by atoms with Crippen molar-refractivity contribution >= 4 is 11.6 Å². The SMILES string of the molecule is CCOc1ccc(NC(=O)C2OC3OC(C)(C)OC3C3OC(C)(C)OC23)cc1. The molecule has 3 saturated heterocycles. The predicted octanol–water partition coefficient (Wildman–Crippen LogP) is 2.42. The van der Waals surface area contributed by atoms with Crippen molar-refractivity contribution in [1.29, 1.82) is 0 Å². The maximum atomic E-state index is 13.0. The molecule has 1 aromatic rings. The highest BCUT2D eigenvalue weighted by molar-refractivity contribution is 5.94. The lowest BCUT2D eigenvalue weighted by molar-refractivity contribution is -0.229. The van der Waals surface area contributed by atoms with E-state index in [9.17, 15) is 4.79 Å². The Hall–Kier alpha value is -1.71.